The summed E-state index contributed by atoms with van der Waals surface area (Å²) >= 11 is 0. The first-order chi connectivity index (χ1) is 7.61. The molecular formula is C12H6O4. The van der Waals surface area contributed by atoms with E-state index in [1.165, 1.54) is 24.3 Å². The Labute approximate surface area is 90.6 Å². The third kappa shape index (κ3) is 1.50. The van der Waals surface area contributed by atoms with Gasteiger partial charge in [0, 0.05) is 11.1 Å². The summed E-state index contributed by atoms with van der Waals surface area (Å²) in [6, 6.07) is 0. The summed E-state index contributed by atoms with van der Waals surface area (Å²) < 4.78 is 0. The van der Waals surface area contributed by atoms with E-state index in [-0.39, 0.29) is 11.1 Å². The standard InChI is InChI=1S/C12H6O4/c13-9-5-1-3-7(11(9)15)8-4-2-6-10(14)12(8)16/h1-6H. The lowest BCUT2D eigenvalue weighted by Gasteiger charge is -2.10. The molecule has 0 aromatic rings. The van der Waals surface area contributed by atoms with Gasteiger partial charge in [-0.1, -0.05) is 24.3 Å². The van der Waals surface area contributed by atoms with E-state index in [4.69, 9.17) is 0 Å². The van der Waals surface area contributed by atoms with Crippen molar-refractivity contribution < 1.29 is 19.2 Å². The molecule has 0 aromatic carbocycles. The van der Waals surface area contributed by atoms with Gasteiger partial charge in [0.25, 0.3) is 0 Å². The minimum Gasteiger partial charge on any atom is -0.286 e. The summed E-state index contributed by atoms with van der Waals surface area (Å²) in [5, 5.41) is 0. The molecule has 0 amide bonds. The highest BCUT2D eigenvalue weighted by molar-refractivity contribution is 6.55. The van der Waals surface area contributed by atoms with Crippen molar-refractivity contribution in [2.75, 3.05) is 0 Å². The summed E-state index contributed by atoms with van der Waals surface area (Å²) in [7, 11) is 0. The predicted octanol–water partition coefficient (Wildman–Crippen LogP) is 0.255. The van der Waals surface area contributed by atoms with Crippen molar-refractivity contribution >= 4 is 23.1 Å². The molecule has 4 nitrogen and oxygen atoms in total. The Morgan fingerprint density at radius 3 is 1.38 bits per heavy atom. The summed E-state index contributed by atoms with van der Waals surface area (Å²) in [4.78, 5) is 45.2. The zero-order valence-corrected chi connectivity index (χ0v) is 8.10. The van der Waals surface area contributed by atoms with Crippen LogP contribution in [0.5, 0.6) is 0 Å². The Hall–Kier alpha value is -2.36. The molecule has 78 valence electrons. The average Bonchev–Trinajstić information content (AvgIpc) is 2.27. The molecule has 0 radical (unpaired) electrons. The Balaban J connectivity index is 2.47. The molecule has 0 aliphatic heterocycles. The van der Waals surface area contributed by atoms with Crippen LogP contribution >= 0.6 is 0 Å². The number of allylic oxidation sites excluding steroid dienone is 8. The Kier molecular flexibility index (Phi) is 2.32. The first kappa shape index (κ1) is 10.2. The van der Waals surface area contributed by atoms with E-state index in [2.05, 4.69) is 0 Å². The molecule has 0 unspecified atom stereocenters. The van der Waals surface area contributed by atoms with E-state index in [1.54, 1.807) is 0 Å². The van der Waals surface area contributed by atoms with Crippen LogP contribution in [0.4, 0.5) is 0 Å². The fourth-order valence-corrected chi connectivity index (χ4v) is 1.46. The third-order valence-corrected chi connectivity index (χ3v) is 2.25. The molecule has 0 aromatic heterocycles. The fourth-order valence-electron chi connectivity index (χ4n) is 1.46. The number of carbonyl (C=O) groups is 4. The van der Waals surface area contributed by atoms with Crippen LogP contribution < -0.4 is 0 Å². The average molecular weight is 214 g/mol. The van der Waals surface area contributed by atoms with Crippen molar-refractivity contribution in [3.05, 3.63) is 47.6 Å². The van der Waals surface area contributed by atoms with Gasteiger partial charge in [0.1, 0.15) is 0 Å². The van der Waals surface area contributed by atoms with Gasteiger partial charge < -0.3 is 0 Å². The number of hydrogen-bond donors (Lipinski definition) is 0. The van der Waals surface area contributed by atoms with E-state index >= 15 is 0 Å². The van der Waals surface area contributed by atoms with Crippen LogP contribution in [0.25, 0.3) is 0 Å². The maximum atomic E-state index is 11.5. The molecule has 0 saturated carbocycles. The minimum absolute atomic E-state index is 0.0183. The van der Waals surface area contributed by atoms with Gasteiger partial charge in [0.2, 0.25) is 23.1 Å². The van der Waals surface area contributed by atoms with Crippen molar-refractivity contribution in [3.8, 4) is 0 Å². The van der Waals surface area contributed by atoms with Crippen LogP contribution in [0.3, 0.4) is 0 Å². The van der Waals surface area contributed by atoms with Crippen molar-refractivity contribution in [2.45, 2.75) is 0 Å². The zero-order valence-electron chi connectivity index (χ0n) is 8.10. The lowest BCUT2D eigenvalue weighted by atomic mass is 9.89. The van der Waals surface area contributed by atoms with Crippen molar-refractivity contribution in [1.29, 1.82) is 0 Å². The van der Waals surface area contributed by atoms with Crippen LogP contribution in [-0.2, 0) is 19.2 Å². The first-order valence-corrected chi connectivity index (χ1v) is 4.55. The lowest BCUT2D eigenvalue weighted by Crippen LogP contribution is -2.25. The number of rotatable bonds is 1. The second-order valence-corrected chi connectivity index (χ2v) is 3.27. The van der Waals surface area contributed by atoms with Gasteiger partial charge in [0.15, 0.2) is 0 Å². The third-order valence-electron chi connectivity index (χ3n) is 2.25. The smallest absolute Gasteiger partial charge is 0.233 e. The molecule has 0 heterocycles. The van der Waals surface area contributed by atoms with Crippen LogP contribution in [-0.4, -0.2) is 23.1 Å². The second-order valence-electron chi connectivity index (χ2n) is 3.27. The van der Waals surface area contributed by atoms with Gasteiger partial charge >= 0.3 is 0 Å². The zero-order chi connectivity index (χ0) is 11.7. The molecule has 0 fully saturated rings. The van der Waals surface area contributed by atoms with Crippen LogP contribution in [0.1, 0.15) is 0 Å². The summed E-state index contributed by atoms with van der Waals surface area (Å²) in [5.41, 5.74) is -0.0367. The summed E-state index contributed by atoms with van der Waals surface area (Å²) in [6.45, 7) is 0. The van der Waals surface area contributed by atoms with Gasteiger partial charge in [-0.25, -0.2) is 0 Å². The number of Topliss-reactive ketones (excluding diaryl/α,β-unsaturated/α-hetero) is 2. The Morgan fingerprint density at radius 1 is 0.625 bits per heavy atom. The number of hydrogen-bond acceptors (Lipinski definition) is 4. The second kappa shape index (κ2) is 3.66. The quantitative estimate of drug-likeness (QED) is 0.463. The van der Waals surface area contributed by atoms with E-state index in [9.17, 15) is 19.2 Å². The number of carbonyl (C=O) groups excluding carboxylic acids is 4. The van der Waals surface area contributed by atoms with Crippen LogP contribution in [0, 0.1) is 0 Å². The van der Waals surface area contributed by atoms with Crippen molar-refractivity contribution in [2.24, 2.45) is 0 Å². The monoisotopic (exact) mass is 214 g/mol. The molecule has 0 bridgehead atoms. The fraction of sp³-hybridized carbons (Fsp3) is 0. The lowest BCUT2D eigenvalue weighted by molar-refractivity contribution is -0.133. The highest BCUT2D eigenvalue weighted by atomic mass is 16.2. The minimum atomic E-state index is -0.759. The van der Waals surface area contributed by atoms with E-state index in [0.29, 0.717) is 0 Å². The van der Waals surface area contributed by atoms with Gasteiger partial charge in [-0.3, -0.25) is 19.2 Å². The molecule has 0 N–H and O–H groups in total. The van der Waals surface area contributed by atoms with Gasteiger partial charge in [-0.05, 0) is 12.2 Å². The van der Waals surface area contributed by atoms with Crippen molar-refractivity contribution in [1.82, 2.24) is 0 Å². The topological polar surface area (TPSA) is 68.3 Å². The van der Waals surface area contributed by atoms with E-state index in [0.717, 1.165) is 12.2 Å². The normalized spacial score (nSPS) is 20.0. The number of ketones is 4. The Morgan fingerprint density at radius 2 is 1.00 bits per heavy atom. The van der Waals surface area contributed by atoms with Gasteiger partial charge in [-0.15, -0.1) is 0 Å². The van der Waals surface area contributed by atoms with Crippen molar-refractivity contribution in [3.63, 3.8) is 0 Å². The maximum absolute atomic E-state index is 11.5. The van der Waals surface area contributed by atoms with Crippen LogP contribution in [0.15, 0.2) is 47.6 Å². The molecule has 0 atom stereocenters. The van der Waals surface area contributed by atoms with E-state index in [1.807, 2.05) is 0 Å². The Bertz CT molecular complexity index is 491. The van der Waals surface area contributed by atoms with E-state index < -0.39 is 23.1 Å². The highest BCUT2D eigenvalue weighted by Gasteiger charge is 2.29. The molecule has 2 aliphatic rings. The molecule has 0 saturated heterocycles. The maximum Gasteiger partial charge on any atom is 0.233 e. The SMILES string of the molecule is O=C1C=CC=C(C2=CC=CC(=O)C2=O)C1=O. The predicted molar refractivity (Wildman–Crippen MR) is 54.5 cm³/mol. The summed E-state index contributed by atoms with van der Waals surface area (Å²) in [5.74, 6) is -2.89. The highest BCUT2D eigenvalue weighted by Crippen LogP contribution is 2.19. The largest absolute Gasteiger partial charge is 0.286 e. The molecule has 2 rings (SSSR count). The van der Waals surface area contributed by atoms with Gasteiger partial charge in [0.05, 0.1) is 0 Å². The molecule has 16 heavy (non-hydrogen) atoms. The molecule has 2 aliphatic carbocycles. The molecule has 4 heteroatoms. The first-order valence-electron chi connectivity index (χ1n) is 4.55. The summed E-state index contributed by atoms with van der Waals surface area (Å²) in [6.07, 6.45) is 7.74. The van der Waals surface area contributed by atoms with Gasteiger partial charge in [-0.2, -0.15) is 0 Å². The molecule has 0 spiro atoms. The molecular weight excluding hydrogens is 208 g/mol. The van der Waals surface area contributed by atoms with Crippen LogP contribution in [0.2, 0.25) is 0 Å².